The number of carbonyl (C=O) groups excluding carboxylic acids is 1. The number of fused-ring (bicyclic) bond motifs is 1. The lowest BCUT2D eigenvalue weighted by atomic mass is 10.1. The first-order valence-corrected chi connectivity index (χ1v) is 8.52. The van der Waals surface area contributed by atoms with E-state index in [1.165, 1.54) is 0 Å². The van der Waals surface area contributed by atoms with Gasteiger partial charge >= 0.3 is 0 Å². The van der Waals surface area contributed by atoms with Gasteiger partial charge in [0.1, 0.15) is 11.8 Å². The predicted molar refractivity (Wildman–Crippen MR) is 92.7 cm³/mol. The Kier molecular flexibility index (Phi) is 4.49. The minimum atomic E-state index is -0.376. The van der Waals surface area contributed by atoms with Crippen molar-refractivity contribution in [3.8, 4) is 0 Å². The van der Waals surface area contributed by atoms with E-state index in [2.05, 4.69) is 25.5 Å². The van der Waals surface area contributed by atoms with Gasteiger partial charge in [0.2, 0.25) is 5.91 Å². The fraction of sp³-hybridized carbons (Fsp3) is 0.333. The third kappa shape index (κ3) is 3.50. The number of amides is 1. The molecule has 8 heteroatoms. The molecule has 0 saturated heterocycles. The van der Waals surface area contributed by atoms with Crippen LogP contribution in [0.15, 0.2) is 47.4 Å². The topological polar surface area (TPSA) is 89.1 Å². The normalized spacial score (nSPS) is 17.0. The molecule has 1 atom stereocenters. The number of aryl methyl sites for hydroxylation is 1. The van der Waals surface area contributed by atoms with Gasteiger partial charge in [0.25, 0.3) is 0 Å². The smallest absolute Gasteiger partial charge is 0.246 e. The van der Waals surface area contributed by atoms with E-state index in [0.29, 0.717) is 19.6 Å². The lowest BCUT2D eigenvalue weighted by molar-refractivity contribution is -0.126. The maximum Gasteiger partial charge on any atom is 0.246 e. The first-order chi connectivity index (χ1) is 12.7. The minimum absolute atomic E-state index is 0.0557. The van der Waals surface area contributed by atoms with E-state index in [4.69, 9.17) is 4.52 Å². The highest BCUT2D eigenvalue weighted by molar-refractivity contribution is 5.80. The molecule has 1 N–H and O–H groups in total. The molecular weight excluding hydrogens is 332 g/mol. The highest BCUT2D eigenvalue weighted by Gasteiger charge is 2.31. The fourth-order valence-electron chi connectivity index (χ4n) is 3.21. The quantitative estimate of drug-likeness (QED) is 0.748. The number of rotatable bonds is 5. The maximum atomic E-state index is 12.8. The Hall–Kier alpha value is -3.00. The number of carbonyl (C=O) groups is 1. The second-order valence-electron chi connectivity index (χ2n) is 6.46. The van der Waals surface area contributed by atoms with E-state index in [1.807, 2.05) is 35.9 Å². The summed E-state index contributed by atoms with van der Waals surface area (Å²) in [6, 6.07) is 7.28. The molecule has 0 saturated carbocycles. The average molecular weight is 352 g/mol. The molecule has 0 radical (unpaired) electrons. The lowest BCUT2D eigenvalue weighted by Crippen LogP contribution is -2.44. The first kappa shape index (κ1) is 16.5. The fourth-order valence-corrected chi connectivity index (χ4v) is 3.21. The Balaban J connectivity index is 1.46. The van der Waals surface area contributed by atoms with Crippen molar-refractivity contribution in [2.24, 2.45) is 0 Å². The number of hydrogen-bond acceptors (Lipinski definition) is 6. The van der Waals surface area contributed by atoms with Gasteiger partial charge in [-0.1, -0.05) is 11.2 Å². The molecule has 1 aliphatic rings. The van der Waals surface area contributed by atoms with E-state index in [9.17, 15) is 4.79 Å². The van der Waals surface area contributed by atoms with Crippen LogP contribution in [0.3, 0.4) is 0 Å². The Morgan fingerprint density at radius 2 is 2.31 bits per heavy atom. The molecule has 3 aromatic rings. The zero-order chi connectivity index (χ0) is 17.9. The van der Waals surface area contributed by atoms with Crippen molar-refractivity contribution in [1.29, 1.82) is 0 Å². The van der Waals surface area contributed by atoms with Gasteiger partial charge in [-0.2, -0.15) is 5.10 Å². The Bertz CT molecular complexity index is 888. The van der Waals surface area contributed by atoms with Crippen LogP contribution in [-0.2, 0) is 24.4 Å². The van der Waals surface area contributed by atoms with Crippen molar-refractivity contribution in [2.45, 2.75) is 32.6 Å². The van der Waals surface area contributed by atoms with Crippen LogP contribution in [-0.4, -0.2) is 37.3 Å². The summed E-state index contributed by atoms with van der Waals surface area (Å²) >= 11 is 0. The Morgan fingerprint density at radius 1 is 1.38 bits per heavy atom. The number of hydrogen-bond donors (Lipinski definition) is 1. The highest BCUT2D eigenvalue weighted by atomic mass is 16.5. The summed E-state index contributed by atoms with van der Waals surface area (Å²) in [4.78, 5) is 19.0. The third-order valence-corrected chi connectivity index (χ3v) is 4.42. The molecule has 26 heavy (non-hydrogen) atoms. The Labute approximate surface area is 150 Å². The highest BCUT2D eigenvalue weighted by Crippen LogP contribution is 2.22. The number of aromatic nitrogens is 4. The van der Waals surface area contributed by atoms with Crippen LogP contribution in [0.25, 0.3) is 0 Å². The molecule has 0 spiro atoms. The zero-order valence-corrected chi connectivity index (χ0v) is 14.5. The maximum absolute atomic E-state index is 12.8. The van der Waals surface area contributed by atoms with Gasteiger partial charge in [0, 0.05) is 50.8 Å². The van der Waals surface area contributed by atoms with Crippen molar-refractivity contribution < 1.29 is 9.32 Å². The molecule has 0 aliphatic carbocycles. The summed E-state index contributed by atoms with van der Waals surface area (Å²) in [5.74, 6) is 0.729. The summed E-state index contributed by atoms with van der Waals surface area (Å²) in [6.45, 7) is 4.24. The molecule has 1 amide bonds. The standard InChI is InChI=1S/C18H20N6O2/c1-13-7-15(22-26-13)10-23-11-16-4-6-21-24(16)17(12-23)18(25)20-9-14-3-2-5-19-8-14/h2-8,17H,9-12H2,1H3,(H,20,25). The number of nitrogens with zero attached hydrogens (tertiary/aromatic N) is 5. The van der Waals surface area contributed by atoms with E-state index in [1.54, 1.807) is 18.6 Å². The lowest BCUT2D eigenvalue weighted by Gasteiger charge is -2.32. The van der Waals surface area contributed by atoms with Crippen LogP contribution >= 0.6 is 0 Å². The van der Waals surface area contributed by atoms with Gasteiger partial charge in [-0.15, -0.1) is 0 Å². The molecule has 3 aromatic heterocycles. The molecule has 4 heterocycles. The van der Waals surface area contributed by atoms with Crippen LogP contribution in [0.4, 0.5) is 0 Å². The summed E-state index contributed by atoms with van der Waals surface area (Å²) < 4.78 is 6.95. The number of nitrogens with one attached hydrogen (secondary N) is 1. The van der Waals surface area contributed by atoms with E-state index >= 15 is 0 Å². The molecule has 0 fully saturated rings. The molecule has 1 unspecified atom stereocenters. The molecule has 4 rings (SSSR count). The van der Waals surface area contributed by atoms with E-state index in [0.717, 1.165) is 29.3 Å². The first-order valence-electron chi connectivity index (χ1n) is 8.52. The summed E-state index contributed by atoms with van der Waals surface area (Å²) in [5, 5.41) is 11.4. The van der Waals surface area contributed by atoms with Crippen LogP contribution in [0.1, 0.15) is 28.8 Å². The van der Waals surface area contributed by atoms with Crippen LogP contribution < -0.4 is 5.32 Å². The van der Waals surface area contributed by atoms with Crippen molar-refractivity contribution in [1.82, 2.24) is 30.1 Å². The van der Waals surface area contributed by atoms with Crippen molar-refractivity contribution in [3.63, 3.8) is 0 Å². The second-order valence-corrected chi connectivity index (χ2v) is 6.46. The van der Waals surface area contributed by atoms with Gasteiger partial charge in [-0.25, -0.2) is 0 Å². The summed E-state index contributed by atoms with van der Waals surface area (Å²) in [7, 11) is 0. The minimum Gasteiger partial charge on any atom is -0.361 e. The largest absolute Gasteiger partial charge is 0.361 e. The molecular formula is C18H20N6O2. The second kappa shape index (κ2) is 7.09. The monoisotopic (exact) mass is 352 g/mol. The van der Waals surface area contributed by atoms with E-state index in [-0.39, 0.29) is 11.9 Å². The van der Waals surface area contributed by atoms with Crippen molar-refractivity contribution in [2.75, 3.05) is 6.54 Å². The zero-order valence-electron chi connectivity index (χ0n) is 14.5. The van der Waals surface area contributed by atoms with Gasteiger partial charge in [0.05, 0.1) is 11.4 Å². The van der Waals surface area contributed by atoms with Gasteiger partial charge < -0.3 is 9.84 Å². The average Bonchev–Trinajstić information content (AvgIpc) is 3.28. The SMILES string of the molecule is Cc1cc(CN2Cc3ccnn3C(C(=O)NCc3cccnc3)C2)no1. The molecule has 8 nitrogen and oxygen atoms in total. The summed E-state index contributed by atoms with van der Waals surface area (Å²) in [6.07, 6.45) is 5.20. The Morgan fingerprint density at radius 3 is 3.08 bits per heavy atom. The van der Waals surface area contributed by atoms with Gasteiger partial charge in [-0.05, 0) is 24.6 Å². The van der Waals surface area contributed by atoms with Crippen LogP contribution in [0.2, 0.25) is 0 Å². The molecule has 0 aromatic carbocycles. The van der Waals surface area contributed by atoms with Gasteiger partial charge in [-0.3, -0.25) is 19.4 Å². The number of pyridine rings is 1. The summed E-state index contributed by atoms with van der Waals surface area (Å²) in [5.41, 5.74) is 2.84. The van der Waals surface area contributed by atoms with Gasteiger partial charge in [0.15, 0.2) is 0 Å². The van der Waals surface area contributed by atoms with Crippen LogP contribution in [0.5, 0.6) is 0 Å². The molecule has 134 valence electrons. The van der Waals surface area contributed by atoms with E-state index < -0.39 is 0 Å². The molecule has 0 bridgehead atoms. The third-order valence-electron chi connectivity index (χ3n) is 4.42. The predicted octanol–water partition coefficient (Wildman–Crippen LogP) is 1.45. The van der Waals surface area contributed by atoms with Crippen LogP contribution in [0, 0.1) is 6.92 Å². The van der Waals surface area contributed by atoms with Crippen molar-refractivity contribution in [3.05, 3.63) is 65.6 Å². The molecule has 1 aliphatic heterocycles. The van der Waals surface area contributed by atoms with Crippen molar-refractivity contribution >= 4 is 5.91 Å².